The summed E-state index contributed by atoms with van der Waals surface area (Å²) in [6.07, 6.45) is -0.232. The molecule has 0 unspecified atom stereocenters. The van der Waals surface area contributed by atoms with Crippen LogP contribution >= 0.6 is 33.9 Å². The molecule has 0 spiro atoms. The summed E-state index contributed by atoms with van der Waals surface area (Å²) < 4.78 is 11.9. The summed E-state index contributed by atoms with van der Waals surface area (Å²) >= 11 is 3.42. The number of nitrogens with zero attached hydrogens (tertiary/aromatic N) is 2. The Hall–Kier alpha value is -0.940. The molecule has 0 aliphatic rings. The minimum absolute atomic E-state index is 0.0127. The predicted molar refractivity (Wildman–Crippen MR) is 114 cm³/mol. The molecule has 0 fully saturated rings. The molecule has 0 aliphatic heterocycles. The van der Waals surface area contributed by atoms with E-state index in [0.29, 0.717) is 22.6 Å². The average molecular weight is 512 g/mol. The molecule has 1 rings (SSSR count). The van der Waals surface area contributed by atoms with E-state index in [2.05, 4.69) is 27.6 Å². The zero-order chi connectivity index (χ0) is 20.8. The van der Waals surface area contributed by atoms with Crippen molar-refractivity contribution in [3.8, 4) is 0 Å². The highest BCUT2D eigenvalue weighted by atomic mass is 127. The van der Waals surface area contributed by atoms with Crippen molar-refractivity contribution in [1.29, 1.82) is 0 Å². The molecule has 0 aromatic carbocycles. The number of hydrogen-bond acceptors (Lipinski definition) is 6. The van der Waals surface area contributed by atoms with Gasteiger partial charge in [0.25, 0.3) is 0 Å². The highest BCUT2D eigenvalue weighted by Crippen LogP contribution is 2.31. The monoisotopic (exact) mass is 512 g/mol. The number of alkyl halides is 1. The van der Waals surface area contributed by atoms with Crippen LogP contribution in [0, 0.1) is 5.92 Å². The second-order valence-electron chi connectivity index (χ2n) is 7.44. The maximum Gasteiger partial charge on any atom is 0.411 e. The third-order valence-electron chi connectivity index (χ3n) is 3.77. The van der Waals surface area contributed by atoms with Crippen LogP contribution in [0.2, 0.25) is 0 Å². The third kappa shape index (κ3) is 7.53. The van der Waals surface area contributed by atoms with Gasteiger partial charge < -0.3 is 14.6 Å². The maximum atomic E-state index is 12.7. The summed E-state index contributed by atoms with van der Waals surface area (Å²) in [4.78, 5) is 29.7. The van der Waals surface area contributed by atoms with Gasteiger partial charge in [0.1, 0.15) is 16.7 Å². The summed E-state index contributed by atoms with van der Waals surface area (Å²) in [5, 5.41) is 11.2. The fourth-order valence-corrected chi connectivity index (χ4v) is 4.18. The Kier molecular flexibility index (Phi) is 9.43. The molecule has 7 nitrogen and oxygen atoms in total. The lowest BCUT2D eigenvalue weighted by Crippen LogP contribution is -2.45. The van der Waals surface area contributed by atoms with Gasteiger partial charge in [-0.15, -0.1) is 11.3 Å². The first-order chi connectivity index (χ1) is 12.5. The highest BCUT2D eigenvalue weighted by Gasteiger charge is 2.33. The summed E-state index contributed by atoms with van der Waals surface area (Å²) in [6, 6.07) is -0.134. The van der Waals surface area contributed by atoms with E-state index >= 15 is 0 Å². The number of aromatic carboxylic acids is 1. The van der Waals surface area contributed by atoms with Crippen molar-refractivity contribution in [3.05, 3.63) is 16.1 Å². The second kappa shape index (κ2) is 10.6. The van der Waals surface area contributed by atoms with Gasteiger partial charge in [-0.25, -0.2) is 14.6 Å². The number of ether oxygens (including phenoxy) is 2. The van der Waals surface area contributed by atoms with E-state index in [1.165, 1.54) is 16.7 Å². The number of rotatable bonds is 9. The zero-order valence-electron chi connectivity index (χ0n) is 16.7. The number of aromatic nitrogens is 1. The molecule has 1 aromatic heterocycles. The number of carbonyl (C=O) groups is 2. The Balaban J connectivity index is 3.07. The van der Waals surface area contributed by atoms with Gasteiger partial charge in [0, 0.05) is 24.4 Å². The Morgan fingerprint density at radius 3 is 2.41 bits per heavy atom. The molecular formula is C18H29IN2O5S. The van der Waals surface area contributed by atoms with E-state index in [9.17, 15) is 9.59 Å². The number of carbonyl (C=O) groups excluding carboxylic acids is 1. The van der Waals surface area contributed by atoms with Crippen LogP contribution in [0.1, 0.15) is 69.6 Å². The van der Waals surface area contributed by atoms with Crippen LogP contribution < -0.4 is 0 Å². The molecule has 0 aliphatic carbocycles. The van der Waals surface area contributed by atoms with Gasteiger partial charge in [0.2, 0.25) is 0 Å². The minimum atomic E-state index is -1.06. The highest BCUT2D eigenvalue weighted by molar-refractivity contribution is 14.1. The molecule has 27 heavy (non-hydrogen) atoms. The minimum Gasteiger partial charge on any atom is -0.476 e. The van der Waals surface area contributed by atoms with Crippen molar-refractivity contribution in [3.63, 3.8) is 0 Å². The topological polar surface area (TPSA) is 89.0 Å². The first-order valence-corrected chi connectivity index (χ1v) is 11.3. The van der Waals surface area contributed by atoms with Crippen molar-refractivity contribution >= 4 is 46.0 Å². The van der Waals surface area contributed by atoms with Gasteiger partial charge in [0.05, 0.1) is 4.55 Å². The molecular weight excluding hydrogens is 483 g/mol. The van der Waals surface area contributed by atoms with Crippen LogP contribution in [-0.2, 0) is 9.47 Å². The smallest absolute Gasteiger partial charge is 0.411 e. The largest absolute Gasteiger partial charge is 0.476 e. The normalized spacial score (nSPS) is 14.1. The molecule has 1 aromatic rings. The van der Waals surface area contributed by atoms with Gasteiger partial charge in [-0.05, 0) is 33.6 Å². The lowest BCUT2D eigenvalue weighted by molar-refractivity contribution is -0.00171. The average Bonchev–Trinajstić information content (AvgIpc) is 3.02. The first kappa shape index (κ1) is 24.1. The van der Waals surface area contributed by atoms with Gasteiger partial charge >= 0.3 is 12.1 Å². The second-order valence-corrected chi connectivity index (χ2v) is 9.01. The molecule has 2 atom stereocenters. The van der Waals surface area contributed by atoms with Crippen molar-refractivity contribution in [1.82, 2.24) is 9.88 Å². The number of thiazole rings is 1. The van der Waals surface area contributed by atoms with Crippen LogP contribution in [0.15, 0.2) is 5.38 Å². The van der Waals surface area contributed by atoms with Gasteiger partial charge in [0.15, 0.2) is 5.69 Å². The maximum absolute atomic E-state index is 12.7. The van der Waals surface area contributed by atoms with E-state index < -0.39 is 11.6 Å². The molecule has 9 heteroatoms. The van der Waals surface area contributed by atoms with E-state index in [1.807, 2.05) is 41.5 Å². The molecule has 0 radical (unpaired) electrons. The molecule has 0 saturated heterocycles. The van der Waals surface area contributed by atoms with E-state index in [0.717, 1.165) is 0 Å². The third-order valence-corrected chi connectivity index (χ3v) is 5.44. The molecule has 1 amide bonds. The van der Waals surface area contributed by atoms with E-state index in [4.69, 9.17) is 14.6 Å². The molecule has 154 valence electrons. The quantitative estimate of drug-likeness (QED) is 0.286. The van der Waals surface area contributed by atoms with Crippen LogP contribution in [0.5, 0.6) is 0 Å². The number of carboxylic acid groups (broad SMARTS) is 1. The summed E-state index contributed by atoms with van der Waals surface area (Å²) in [5.41, 5.74) is -0.563. The van der Waals surface area contributed by atoms with Crippen LogP contribution in [0.4, 0.5) is 4.79 Å². The van der Waals surface area contributed by atoms with Crippen molar-refractivity contribution in [2.24, 2.45) is 5.92 Å². The summed E-state index contributed by atoms with van der Waals surface area (Å²) in [6.45, 7) is 12.0. The van der Waals surface area contributed by atoms with Gasteiger partial charge in [-0.2, -0.15) is 0 Å². The fraction of sp³-hybridized carbons (Fsp3) is 0.722. The van der Waals surface area contributed by atoms with Gasteiger partial charge in [-0.3, -0.25) is 4.90 Å². The fourth-order valence-electron chi connectivity index (χ4n) is 2.55. The number of carboxylic acids is 1. The number of amides is 1. The van der Waals surface area contributed by atoms with Crippen LogP contribution in [0.25, 0.3) is 0 Å². The molecule has 1 heterocycles. The Morgan fingerprint density at radius 1 is 1.37 bits per heavy atom. The van der Waals surface area contributed by atoms with E-state index in [-0.39, 0.29) is 29.9 Å². The molecule has 1 N–H and O–H groups in total. The van der Waals surface area contributed by atoms with Crippen LogP contribution in [-0.4, -0.2) is 49.9 Å². The first-order valence-electron chi connectivity index (χ1n) is 8.86. The summed E-state index contributed by atoms with van der Waals surface area (Å²) in [7, 11) is 0. The van der Waals surface area contributed by atoms with Gasteiger partial charge in [-0.1, -0.05) is 36.4 Å². The molecule has 0 bridgehead atoms. The Labute approximate surface area is 178 Å². The number of hydrogen-bond donors (Lipinski definition) is 1. The lowest BCUT2D eigenvalue weighted by atomic mass is 9.96. The number of halogens is 1. The van der Waals surface area contributed by atoms with E-state index in [1.54, 1.807) is 4.90 Å². The van der Waals surface area contributed by atoms with Crippen molar-refractivity contribution in [2.45, 2.75) is 65.7 Å². The zero-order valence-corrected chi connectivity index (χ0v) is 19.7. The van der Waals surface area contributed by atoms with Crippen molar-refractivity contribution < 1.29 is 24.2 Å². The molecule has 0 saturated carbocycles. The SMILES string of the molecule is CCO[C@@H](C[C@@H](C(C)C)N(CI)C(=O)OC(C)(C)C)c1nc(C(=O)O)cs1. The Morgan fingerprint density at radius 2 is 2.00 bits per heavy atom. The standard InChI is InChI=1S/C18H29IN2O5S/c1-7-25-14(15-20-12(9-27-15)16(22)23)8-13(11(2)3)21(10-19)17(24)26-18(4,5)6/h9,11,13-14H,7-8,10H2,1-6H3,(H,22,23)/t13-,14-/m0/s1. The Bertz CT molecular complexity index is 630. The predicted octanol–water partition coefficient (Wildman–Crippen LogP) is 4.96. The van der Waals surface area contributed by atoms with Crippen molar-refractivity contribution in [2.75, 3.05) is 11.2 Å². The lowest BCUT2D eigenvalue weighted by Gasteiger charge is -2.36. The summed E-state index contributed by atoms with van der Waals surface area (Å²) in [5.74, 6) is -0.898. The van der Waals surface area contributed by atoms with Crippen LogP contribution in [0.3, 0.4) is 0 Å².